The van der Waals surface area contributed by atoms with E-state index in [1.165, 1.54) is 7.11 Å². The number of carboxylic acid groups (broad SMARTS) is 1. The summed E-state index contributed by atoms with van der Waals surface area (Å²) in [6, 6.07) is 1.70. The lowest BCUT2D eigenvalue weighted by Gasteiger charge is -2.09. The Kier molecular flexibility index (Phi) is 5.40. The molecule has 0 saturated carbocycles. The number of carbonyl (C=O) groups is 2. The quantitative estimate of drug-likeness (QED) is 0.489. The van der Waals surface area contributed by atoms with Crippen molar-refractivity contribution in [1.82, 2.24) is 5.32 Å². The van der Waals surface area contributed by atoms with E-state index >= 15 is 0 Å². The monoisotopic (exact) mass is 301 g/mol. The molecule has 0 aliphatic rings. The highest BCUT2D eigenvalue weighted by Gasteiger charge is 2.19. The van der Waals surface area contributed by atoms with E-state index < -0.39 is 41.4 Å². The van der Waals surface area contributed by atoms with Crippen LogP contribution < -0.4 is 15.4 Å². The normalized spacial score (nSPS) is 9.81. The fourth-order valence-electron chi connectivity index (χ4n) is 1.40. The molecular formula is C11H12FN3O6. The Morgan fingerprint density at radius 1 is 1.43 bits per heavy atom. The van der Waals surface area contributed by atoms with E-state index in [1.54, 1.807) is 0 Å². The maximum Gasteiger partial charge on any atom is 0.322 e. The molecule has 1 aromatic rings. The predicted octanol–water partition coefficient (Wildman–Crippen LogP) is 0.355. The van der Waals surface area contributed by atoms with Gasteiger partial charge in [-0.05, 0) is 0 Å². The molecule has 0 saturated heterocycles. The SMILES string of the molecule is COc1cc(NCC(=O)NCC(=O)O)c([N+](=O)[O-])cc1F. The van der Waals surface area contributed by atoms with Crippen LogP contribution in [0.15, 0.2) is 12.1 Å². The lowest BCUT2D eigenvalue weighted by Crippen LogP contribution is -2.33. The minimum atomic E-state index is -1.22. The van der Waals surface area contributed by atoms with Crippen molar-refractivity contribution in [1.29, 1.82) is 0 Å². The van der Waals surface area contributed by atoms with Gasteiger partial charge in [0.1, 0.15) is 12.2 Å². The molecule has 0 aliphatic carbocycles. The first kappa shape index (κ1) is 16.1. The summed E-state index contributed by atoms with van der Waals surface area (Å²) in [5.74, 6) is -3.05. The average Bonchev–Trinajstić information content (AvgIpc) is 2.43. The highest BCUT2D eigenvalue weighted by Crippen LogP contribution is 2.31. The fourth-order valence-corrected chi connectivity index (χ4v) is 1.40. The molecule has 1 aromatic carbocycles. The first-order valence-electron chi connectivity index (χ1n) is 5.59. The van der Waals surface area contributed by atoms with Gasteiger partial charge in [-0.2, -0.15) is 0 Å². The molecule has 114 valence electrons. The lowest BCUT2D eigenvalue weighted by molar-refractivity contribution is -0.384. The molecule has 9 nitrogen and oxygen atoms in total. The van der Waals surface area contributed by atoms with E-state index in [0.29, 0.717) is 6.07 Å². The number of hydrogen-bond acceptors (Lipinski definition) is 6. The number of hydrogen-bond donors (Lipinski definition) is 3. The van der Waals surface area contributed by atoms with Crippen molar-refractivity contribution in [3.05, 3.63) is 28.1 Å². The summed E-state index contributed by atoms with van der Waals surface area (Å²) >= 11 is 0. The van der Waals surface area contributed by atoms with E-state index in [9.17, 15) is 24.1 Å². The summed E-state index contributed by atoms with van der Waals surface area (Å²) in [5.41, 5.74) is -0.692. The van der Waals surface area contributed by atoms with Gasteiger partial charge < -0.3 is 20.5 Å². The van der Waals surface area contributed by atoms with Gasteiger partial charge in [0.25, 0.3) is 5.69 Å². The smallest absolute Gasteiger partial charge is 0.322 e. The van der Waals surface area contributed by atoms with Crippen LogP contribution in [-0.2, 0) is 9.59 Å². The van der Waals surface area contributed by atoms with Crippen LogP contribution in [0.5, 0.6) is 5.75 Å². The van der Waals surface area contributed by atoms with Crippen LogP contribution in [0.1, 0.15) is 0 Å². The number of methoxy groups -OCH3 is 1. The Labute approximate surface area is 117 Å². The summed E-state index contributed by atoms with van der Waals surface area (Å²) in [4.78, 5) is 31.6. The number of nitrogens with zero attached hydrogens (tertiary/aromatic N) is 1. The molecule has 10 heteroatoms. The van der Waals surface area contributed by atoms with Crippen LogP contribution in [0.3, 0.4) is 0 Å². The van der Waals surface area contributed by atoms with Crippen LogP contribution >= 0.6 is 0 Å². The number of benzene rings is 1. The summed E-state index contributed by atoms with van der Waals surface area (Å²) in [6.45, 7) is -0.988. The molecule has 0 heterocycles. The third-order valence-corrected chi connectivity index (χ3v) is 2.34. The summed E-state index contributed by atoms with van der Waals surface area (Å²) < 4.78 is 18.1. The fraction of sp³-hybridized carbons (Fsp3) is 0.273. The Morgan fingerprint density at radius 3 is 2.62 bits per heavy atom. The van der Waals surface area contributed by atoms with Crippen molar-refractivity contribution >= 4 is 23.3 Å². The van der Waals surface area contributed by atoms with Crippen LogP contribution in [0.4, 0.5) is 15.8 Å². The van der Waals surface area contributed by atoms with Crippen LogP contribution in [-0.4, -0.2) is 42.1 Å². The van der Waals surface area contributed by atoms with Crippen molar-refractivity contribution in [2.45, 2.75) is 0 Å². The highest BCUT2D eigenvalue weighted by molar-refractivity contribution is 5.85. The zero-order valence-corrected chi connectivity index (χ0v) is 10.9. The number of nitrogens with one attached hydrogen (secondary N) is 2. The standard InChI is InChI=1S/C11H12FN3O6/c1-21-9-3-7(8(15(19)20)2-6(9)12)13-4-10(16)14-5-11(17)18/h2-3,13H,4-5H2,1H3,(H,14,16)(H,17,18). The van der Waals surface area contributed by atoms with E-state index in [-0.39, 0.29) is 11.4 Å². The number of carbonyl (C=O) groups excluding carboxylic acids is 1. The van der Waals surface area contributed by atoms with E-state index in [2.05, 4.69) is 10.6 Å². The number of amides is 1. The van der Waals surface area contributed by atoms with Crippen LogP contribution in [0.2, 0.25) is 0 Å². The number of nitro benzene ring substituents is 1. The third-order valence-electron chi connectivity index (χ3n) is 2.34. The molecule has 0 fully saturated rings. The van der Waals surface area contributed by atoms with Crippen molar-refractivity contribution in [2.24, 2.45) is 0 Å². The Bertz CT molecular complexity index is 577. The average molecular weight is 301 g/mol. The number of nitro groups is 1. The van der Waals surface area contributed by atoms with Gasteiger partial charge in [-0.1, -0.05) is 0 Å². The van der Waals surface area contributed by atoms with Crippen LogP contribution in [0, 0.1) is 15.9 Å². The summed E-state index contributed by atoms with van der Waals surface area (Å²) in [7, 11) is 1.19. The molecule has 0 aromatic heterocycles. The second-order valence-electron chi connectivity index (χ2n) is 3.79. The molecule has 0 aliphatic heterocycles. The molecule has 0 unspecified atom stereocenters. The number of halogens is 1. The number of anilines is 1. The number of carboxylic acids is 1. The maximum absolute atomic E-state index is 13.4. The third kappa shape index (κ3) is 4.60. The number of aliphatic carboxylic acids is 1. The predicted molar refractivity (Wildman–Crippen MR) is 68.7 cm³/mol. The van der Waals surface area contributed by atoms with Gasteiger partial charge in [0.15, 0.2) is 11.6 Å². The number of rotatable bonds is 7. The van der Waals surface area contributed by atoms with Gasteiger partial charge in [0.2, 0.25) is 5.91 Å². The van der Waals surface area contributed by atoms with Gasteiger partial charge >= 0.3 is 5.97 Å². The van der Waals surface area contributed by atoms with Gasteiger partial charge in [-0.25, -0.2) is 4.39 Å². The van der Waals surface area contributed by atoms with E-state index in [4.69, 9.17) is 9.84 Å². The zero-order valence-electron chi connectivity index (χ0n) is 10.9. The number of ether oxygens (including phenoxy) is 1. The van der Waals surface area contributed by atoms with Crippen molar-refractivity contribution in [3.63, 3.8) is 0 Å². The second kappa shape index (κ2) is 7.03. The Balaban J connectivity index is 2.84. The maximum atomic E-state index is 13.4. The first-order valence-corrected chi connectivity index (χ1v) is 5.59. The molecule has 21 heavy (non-hydrogen) atoms. The minimum absolute atomic E-state index is 0.122. The van der Waals surface area contributed by atoms with Gasteiger partial charge in [-0.3, -0.25) is 19.7 Å². The Hall–Kier alpha value is -2.91. The van der Waals surface area contributed by atoms with Gasteiger partial charge in [0.05, 0.1) is 24.6 Å². The van der Waals surface area contributed by atoms with E-state index in [0.717, 1.165) is 6.07 Å². The molecule has 0 atom stereocenters. The first-order chi connectivity index (χ1) is 9.85. The van der Waals surface area contributed by atoms with E-state index in [1.807, 2.05) is 0 Å². The van der Waals surface area contributed by atoms with Crippen molar-refractivity contribution in [3.8, 4) is 5.75 Å². The molecule has 3 N–H and O–H groups in total. The molecule has 1 rings (SSSR count). The molecule has 0 bridgehead atoms. The van der Waals surface area contributed by atoms with Crippen molar-refractivity contribution < 1.29 is 28.7 Å². The second-order valence-corrected chi connectivity index (χ2v) is 3.79. The van der Waals surface area contributed by atoms with Gasteiger partial charge in [0, 0.05) is 6.07 Å². The molecule has 0 spiro atoms. The van der Waals surface area contributed by atoms with Crippen LogP contribution in [0.25, 0.3) is 0 Å². The highest BCUT2D eigenvalue weighted by atomic mass is 19.1. The van der Waals surface area contributed by atoms with Crippen molar-refractivity contribution in [2.75, 3.05) is 25.5 Å². The summed E-state index contributed by atoms with van der Waals surface area (Å²) in [5, 5.41) is 23.7. The minimum Gasteiger partial charge on any atom is -0.494 e. The summed E-state index contributed by atoms with van der Waals surface area (Å²) in [6.07, 6.45) is 0. The molecular weight excluding hydrogens is 289 g/mol. The zero-order chi connectivity index (χ0) is 16.0. The largest absolute Gasteiger partial charge is 0.494 e. The Morgan fingerprint density at radius 2 is 2.10 bits per heavy atom. The molecule has 0 radical (unpaired) electrons. The molecule has 1 amide bonds. The topological polar surface area (TPSA) is 131 Å². The lowest BCUT2D eigenvalue weighted by atomic mass is 10.2. The van der Waals surface area contributed by atoms with Gasteiger partial charge in [-0.15, -0.1) is 0 Å².